The van der Waals surface area contributed by atoms with Gasteiger partial charge in [0, 0.05) is 6.07 Å². The molecule has 3 rings (SSSR count). The molecule has 0 aliphatic carbocycles. The van der Waals surface area contributed by atoms with Crippen LogP contribution in [0, 0.1) is 24.0 Å². The van der Waals surface area contributed by atoms with Crippen LogP contribution in [0.25, 0.3) is 0 Å². The highest BCUT2D eigenvalue weighted by atomic mass is 32.1. The predicted molar refractivity (Wildman–Crippen MR) is 117 cm³/mol. The Bertz CT molecular complexity index is 1050. The van der Waals surface area contributed by atoms with Gasteiger partial charge >= 0.3 is 0 Å². The van der Waals surface area contributed by atoms with Gasteiger partial charge in [-0.1, -0.05) is 30.3 Å². The molecule has 0 aliphatic heterocycles. The molecule has 0 unspecified atom stereocenters. The summed E-state index contributed by atoms with van der Waals surface area (Å²) in [5.41, 5.74) is 4.22. The highest BCUT2D eigenvalue weighted by Gasteiger charge is 2.15. The molecule has 0 spiro atoms. The molecule has 0 radical (unpaired) electrons. The fourth-order valence-corrected chi connectivity index (χ4v) is 3.16. The second kappa shape index (κ2) is 8.70. The van der Waals surface area contributed by atoms with E-state index in [2.05, 4.69) is 27.9 Å². The maximum atomic E-state index is 10.9. The van der Waals surface area contributed by atoms with Gasteiger partial charge in [0.2, 0.25) is 0 Å². The number of rotatable bonds is 6. The van der Waals surface area contributed by atoms with E-state index in [9.17, 15) is 10.1 Å². The van der Waals surface area contributed by atoms with E-state index in [-0.39, 0.29) is 5.69 Å². The SMILES string of the molecule is COc1cc([N+](=O)[O-])ccc1NC(=S)Nc1c(C)nn(Cc2ccccc2)c1C. The van der Waals surface area contributed by atoms with Crippen molar-refractivity contribution in [2.75, 3.05) is 17.7 Å². The van der Waals surface area contributed by atoms with Crippen LogP contribution in [0.15, 0.2) is 48.5 Å². The summed E-state index contributed by atoms with van der Waals surface area (Å²) in [6.45, 7) is 4.54. The molecule has 1 heterocycles. The lowest BCUT2D eigenvalue weighted by Gasteiger charge is -2.13. The minimum Gasteiger partial charge on any atom is -0.494 e. The number of non-ortho nitro benzene ring substituents is 1. The molecular weight excluding hydrogens is 390 g/mol. The van der Waals surface area contributed by atoms with Gasteiger partial charge in [0.15, 0.2) is 5.11 Å². The van der Waals surface area contributed by atoms with Crippen molar-refractivity contribution in [1.82, 2.24) is 9.78 Å². The van der Waals surface area contributed by atoms with Crippen molar-refractivity contribution in [2.24, 2.45) is 0 Å². The Morgan fingerprint density at radius 1 is 1.21 bits per heavy atom. The number of aryl methyl sites for hydroxylation is 1. The number of nitro groups is 1. The maximum Gasteiger partial charge on any atom is 0.273 e. The van der Waals surface area contributed by atoms with Crippen molar-refractivity contribution in [3.63, 3.8) is 0 Å². The monoisotopic (exact) mass is 411 g/mol. The van der Waals surface area contributed by atoms with E-state index in [0.717, 1.165) is 22.6 Å². The van der Waals surface area contributed by atoms with Crippen LogP contribution in [0.1, 0.15) is 17.0 Å². The molecule has 0 atom stereocenters. The van der Waals surface area contributed by atoms with Crippen molar-refractivity contribution >= 4 is 34.4 Å². The van der Waals surface area contributed by atoms with Gasteiger partial charge in [0.25, 0.3) is 5.69 Å². The molecule has 2 aromatic carbocycles. The third-order valence-corrected chi connectivity index (χ3v) is 4.64. The number of aromatic nitrogens is 2. The zero-order chi connectivity index (χ0) is 21.0. The Morgan fingerprint density at radius 3 is 2.59 bits per heavy atom. The van der Waals surface area contributed by atoms with Crippen LogP contribution in [-0.2, 0) is 6.54 Å². The van der Waals surface area contributed by atoms with E-state index < -0.39 is 4.92 Å². The van der Waals surface area contributed by atoms with Crippen LogP contribution in [-0.4, -0.2) is 26.9 Å². The summed E-state index contributed by atoms with van der Waals surface area (Å²) >= 11 is 5.42. The highest BCUT2D eigenvalue weighted by molar-refractivity contribution is 7.80. The van der Waals surface area contributed by atoms with E-state index in [1.54, 1.807) is 6.07 Å². The Hall–Kier alpha value is -3.46. The number of methoxy groups -OCH3 is 1. The summed E-state index contributed by atoms with van der Waals surface area (Å²) in [5, 5.41) is 22.1. The average molecular weight is 411 g/mol. The molecule has 8 nitrogen and oxygen atoms in total. The first kappa shape index (κ1) is 20.3. The number of nitrogens with zero attached hydrogens (tertiary/aromatic N) is 3. The van der Waals surface area contributed by atoms with E-state index in [1.807, 2.05) is 36.7 Å². The zero-order valence-corrected chi connectivity index (χ0v) is 17.1. The molecule has 29 heavy (non-hydrogen) atoms. The van der Waals surface area contributed by atoms with E-state index >= 15 is 0 Å². The number of hydrogen-bond donors (Lipinski definition) is 2. The molecule has 0 saturated carbocycles. The molecule has 150 valence electrons. The fraction of sp³-hybridized carbons (Fsp3) is 0.200. The van der Waals surface area contributed by atoms with Gasteiger partial charge in [-0.05, 0) is 37.7 Å². The predicted octanol–water partition coefficient (Wildman–Crippen LogP) is 4.27. The molecule has 1 aromatic heterocycles. The standard InChI is InChI=1S/C20H21N5O3S/c1-13-19(14(2)24(23-13)12-15-7-5-4-6-8-15)22-20(29)21-17-10-9-16(25(26)27)11-18(17)28-3/h4-11H,12H2,1-3H3,(H2,21,22,29). The number of benzene rings is 2. The summed E-state index contributed by atoms with van der Waals surface area (Å²) < 4.78 is 7.15. The fourth-order valence-electron chi connectivity index (χ4n) is 2.95. The van der Waals surface area contributed by atoms with Crippen molar-refractivity contribution in [1.29, 1.82) is 0 Å². The van der Waals surface area contributed by atoms with E-state index in [1.165, 1.54) is 19.2 Å². The summed E-state index contributed by atoms with van der Waals surface area (Å²) in [6.07, 6.45) is 0. The third-order valence-electron chi connectivity index (χ3n) is 4.44. The molecule has 0 saturated heterocycles. The van der Waals surface area contributed by atoms with Gasteiger partial charge in [0.05, 0.1) is 47.4 Å². The summed E-state index contributed by atoms with van der Waals surface area (Å²) in [7, 11) is 1.45. The summed E-state index contributed by atoms with van der Waals surface area (Å²) in [6, 6.07) is 14.4. The first-order chi connectivity index (χ1) is 13.9. The van der Waals surface area contributed by atoms with Crippen LogP contribution < -0.4 is 15.4 Å². The molecule has 3 aromatic rings. The minimum absolute atomic E-state index is 0.0554. The zero-order valence-electron chi connectivity index (χ0n) is 16.3. The smallest absolute Gasteiger partial charge is 0.273 e. The Morgan fingerprint density at radius 2 is 1.93 bits per heavy atom. The molecule has 2 N–H and O–H groups in total. The molecular formula is C20H21N5O3S. The van der Waals surface area contributed by atoms with E-state index in [4.69, 9.17) is 17.0 Å². The third kappa shape index (κ3) is 4.69. The quantitative estimate of drug-likeness (QED) is 0.355. The summed E-state index contributed by atoms with van der Waals surface area (Å²) in [5.74, 6) is 0.330. The minimum atomic E-state index is -0.475. The maximum absolute atomic E-state index is 10.9. The van der Waals surface area contributed by atoms with Crippen LogP contribution in [0.2, 0.25) is 0 Å². The second-order valence-electron chi connectivity index (χ2n) is 6.41. The molecule has 0 aliphatic rings. The molecule has 0 fully saturated rings. The van der Waals surface area contributed by atoms with Crippen molar-refractivity contribution in [3.05, 3.63) is 75.6 Å². The first-order valence-electron chi connectivity index (χ1n) is 8.87. The number of hydrogen-bond acceptors (Lipinski definition) is 5. The van der Waals surface area contributed by atoms with Gasteiger partial charge in [-0.25, -0.2) is 0 Å². The normalized spacial score (nSPS) is 10.4. The van der Waals surface area contributed by atoms with Gasteiger partial charge in [-0.2, -0.15) is 5.10 Å². The number of thiocarbonyl (C=S) groups is 1. The van der Waals surface area contributed by atoms with Crippen LogP contribution in [0.5, 0.6) is 5.75 Å². The lowest BCUT2D eigenvalue weighted by atomic mass is 10.2. The van der Waals surface area contributed by atoms with Crippen LogP contribution in [0.4, 0.5) is 17.1 Å². The van der Waals surface area contributed by atoms with Crippen molar-refractivity contribution < 1.29 is 9.66 Å². The molecule has 0 amide bonds. The topological polar surface area (TPSA) is 94.2 Å². The second-order valence-corrected chi connectivity index (χ2v) is 6.82. The van der Waals surface area contributed by atoms with Gasteiger partial charge in [0.1, 0.15) is 5.75 Å². The number of nitrogens with one attached hydrogen (secondary N) is 2. The first-order valence-corrected chi connectivity index (χ1v) is 9.28. The Balaban J connectivity index is 1.75. The lowest BCUT2D eigenvalue weighted by Crippen LogP contribution is -2.20. The molecule has 9 heteroatoms. The van der Waals surface area contributed by atoms with E-state index in [0.29, 0.717) is 23.1 Å². The number of anilines is 2. The lowest BCUT2D eigenvalue weighted by molar-refractivity contribution is -0.384. The Kier molecular flexibility index (Phi) is 6.08. The molecule has 0 bridgehead atoms. The van der Waals surface area contributed by atoms with Crippen molar-refractivity contribution in [3.8, 4) is 5.75 Å². The van der Waals surface area contributed by atoms with Crippen molar-refractivity contribution in [2.45, 2.75) is 20.4 Å². The number of nitro benzene ring substituents is 1. The van der Waals surface area contributed by atoms with Gasteiger partial charge in [-0.3, -0.25) is 14.8 Å². The number of ether oxygens (including phenoxy) is 1. The largest absolute Gasteiger partial charge is 0.494 e. The Labute approximate surface area is 173 Å². The van der Waals surface area contributed by atoms with Gasteiger partial charge in [-0.15, -0.1) is 0 Å². The van der Waals surface area contributed by atoms with Crippen LogP contribution >= 0.6 is 12.2 Å². The summed E-state index contributed by atoms with van der Waals surface area (Å²) in [4.78, 5) is 10.5. The highest BCUT2D eigenvalue weighted by Crippen LogP contribution is 2.29. The average Bonchev–Trinajstić information content (AvgIpc) is 2.96. The van der Waals surface area contributed by atoms with Crippen LogP contribution in [0.3, 0.4) is 0 Å². The van der Waals surface area contributed by atoms with Gasteiger partial charge < -0.3 is 15.4 Å².